The van der Waals surface area contributed by atoms with Crippen LogP contribution in [0, 0.1) is 6.92 Å². The maximum absolute atomic E-state index is 11.1. The van der Waals surface area contributed by atoms with Crippen molar-refractivity contribution >= 4 is 15.9 Å². The molecule has 3 nitrogen and oxygen atoms in total. The summed E-state index contributed by atoms with van der Waals surface area (Å²) in [5.41, 5.74) is -0.0486. The molecule has 0 aliphatic heterocycles. The molecule has 0 aromatic carbocycles. The molecule has 0 radical (unpaired) electrons. The Morgan fingerprint density at radius 2 is 2.30 bits per heavy atom. The molecule has 1 heterocycles. The van der Waals surface area contributed by atoms with Crippen molar-refractivity contribution < 1.29 is 0 Å². The van der Waals surface area contributed by atoms with Gasteiger partial charge in [0.05, 0.1) is 0 Å². The average Bonchev–Trinajstić information content (AvgIpc) is 1.93. The van der Waals surface area contributed by atoms with E-state index in [-0.39, 0.29) is 5.56 Å². The molecule has 0 saturated carbocycles. The fourth-order valence-corrected chi connectivity index (χ4v) is 0.967. The number of aromatic nitrogens is 2. The summed E-state index contributed by atoms with van der Waals surface area (Å²) in [4.78, 5) is 15.0. The highest BCUT2D eigenvalue weighted by atomic mass is 79.9. The van der Waals surface area contributed by atoms with E-state index in [9.17, 15) is 4.79 Å². The minimum atomic E-state index is -0.0486. The highest BCUT2D eigenvalue weighted by Gasteiger charge is 1.98. The Balaban J connectivity index is 3.50. The lowest BCUT2D eigenvalue weighted by Crippen LogP contribution is -2.20. The maximum Gasteiger partial charge on any atom is 0.267 e. The Morgan fingerprint density at radius 1 is 1.70 bits per heavy atom. The molecule has 0 fully saturated rings. The Morgan fingerprint density at radius 3 is 2.80 bits per heavy atom. The van der Waals surface area contributed by atoms with E-state index in [2.05, 4.69) is 20.9 Å². The largest absolute Gasteiger partial charge is 0.299 e. The molecule has 1 aromatic heterocycles. The number of rotatable bonds is 0. The van der Waals surface area contributed by atoms with E-state index in [4.69, 9.17) is 0 Å². The van der Waals surface area contributed by atoms with Crippen molar-refractivity contribution in [2.24, 2.45) is 7.05 Å². The van der Waals surface area contributed by atoms with Crippen LogP contribution in [0.1, 0.15) is 5.82 Å². The number of hydrogen-bond donors (Lipinski definition) is 0. The summed E-state index contributed by atoms with van der Waals surface area (Å²) in [6, 6.07) is 0. The second-order valence-corrected chi connectivity index (χ2v) is 2.87. The minimum absolute atomic E-state index is 0.0486. The smallest absolute Gasteiger partial charge is 0.267 e. The van der Waals surface area contributed by atoms with Crippen molar-refractivity contribution in [1.82, 2.24) is 9.55 Å². The molecule has 0 bridgehead atoms. The van der Waals surface area contributed by atoms with Crippen LogP contribution < -0.4 is 5.56 Å². The number of nitrogens with zero attached hydrogens (tertiary/aromatic N) is 2. The monoisotopic (exact) mass is 202 g/mol. The van der Waals surface area contributed by atoms with E-state index in [0.717, 1.165) is 0 Å². The molecule has 0 aliphatic rings. The first-order chi connectivity index (χ1) is 4.63. The Labute approximate surface area is 66.8 Å². The lowest BCUT2D eigenvalue weighted by atomic mass is 10.5. The third-order valence-electron chi connectivity index (χ3n) is 1.36. The van der Waals surface area contributed by atoms with E-state index in [1.807, 2.05) is 0 Å². The summed E-state index contributed by atoms with van der Waals surface area (Å²) in [5, 5.41) is 0. The van der Waals surface area contributed by atoms with Crippen molar-refractivity contribution in [2.75, 3.05) is 0 Å². The van der Waals surface area contributed by atoms with Gasteiger partial charge in [-0.3, -0.25) is 9.36 Å². The molecule has 54 valence electrons. The molecule has 10 heavy (non-hydrogen) atoms. The van der Waals surface area contributed by atoms with Gasteiger partial charge in [-0.1, -0.05) is 0 Å². The zero-order valence-electron chi connectivity index (χ0n) is 5.76. The lowest BCUT2D eigenvalue weighted by molar-refractivity contribution is 0.768. The molecule has 0 spiro atoms. The molecule has 1 aromatic rings. The number of halogens is 1. The van der Waals surface area contributed by atoms with Crippen LogP contribution in [0.3, 0.4) is 0 Å². The normalized spacial score (nSPS) is 9.90. The van der Waals surface area contributed by atoms with Gasteiger partial charge < -0.3 is 0 Å². The Bertz CT molecular complexity index is 305. The molecule has 0 atom stereocenters. The van der Waals surface area contributed by atoms with Gasteiger partial charge in [-0.05, 0) is 22.9 Å². The van der Waals surface area contributed by atoms with E-state index < -0.39 is 0 Å². The highest BCUT2D eigenvalue weighted by Crippen LogP contribution is 1.98. The minimum Gasteiger partial charge on any atom is -0.299 e. The molecule has 4 heteroatoms. The van der Waals surface area contributed by atoms with Crippen molar-refractivity contribution in [1.29, 1.82) is 0 Å². The van der Waals surface area contributed by atoms with E-state index >= 15 is 0 Å². The van der Waals surface area contributed by atoms with Crippen LogP contribution in [0.15, 0.2) is 15.5 Å². The first-order valence-electron chi connectivity index (χ1n) is 2.81. The third-order valence-corrected chi connectivity index (χ3v) is 1.90. The topological polar surface area (TPSA) is 34.9 Å². The van der Waals surface area contributed by atoms with Gasteiger partial charge >= 0.3 is 0 Å². The van der Waals surface area contributed by atoms with Crippen molar-refractivity contribution in [3.05, 3.63) is 26.8 Å². The van der Waals surface area contributed by atoms with Crippen LogP contribution in [0.5, 0.6) is 0 Å². The summed E-state index contributed by atoms with van der Waals surface area (Å²) < 4.78 is 1.99. The molecular formula is C6H7BrN2O. The molecular weight excluding hydrogens is 196 g/mol. The fourth-order valence-electron chi connectivity index (χ4n) is 0.599. The first-order valence-corrected chi connectivity index (χ1v) is 3.60. The van der Waals surface area contributed by atoms with Crippen LogP contribution in [0.4, 0.5) is 0 Å². The van der Waals surface area contributed by atoms with Crippen molar-refractivity contribution in [3.63, 3.8) is 0 Å². The molecule has 0 aliphatic carbocycles. The third kappa shape index (κ3) is 1.11. The number of hydrogen-bond acceptors (Lipinski definition) is 2. The second-order valence-electron chi connectivity index (χ2n) is 2.02. The predicted molar refractivity (Wildman–Crippen MR) is 41.9 cm³/mol. The van der Waals surface area contributed by atoms with E-state index in [1.165, 1.54) is 10.8 Å². The van der Waals surface area contributed by atoms with E-state index in [1.54, 1.807) is 14.0 Å². The summed E-state index contributed by atoms with van der Waals surface area (Å²) >= 11 is 3.08. The van der Waals surface area contributed by atoms with Crippen LogP contribution in [-0.2, 0) is 7.05 Å². The number of aryl methyl sites for hydroxylation is 1. The van der Waals surface area contributed by atoms with Gasteiger partial charge in [-0.2, -0.15) is 0 Å². The van der Waals surface area contributed by atoms with Crippen LogP contribution in [0.2, 0.25) is 0 Å². The SMILES string of the molecule is Cc1ncc(Br)c(=O)n1C. The Hall–Kier alpha value is -0.640. The molecule has 1 rings (SSSR count). The van der Waals surface area contributed by atoms with Gasteiger partial charge in [0, 0.05) is 13.2 Å². The summed E-state index contributed by atoms with van der Waals surface area (Å²) in [5.74, 6) is 0.716. The molecule has 0 amide bonds. The quantitative estimate of drug-likeness (QED) is 0.626. The van der Waals surface area contributed by atoms with Crippen molar-refractivity contribution in [2.45, 2.75) is 6.92 Å². The van der Waals surface area contributed by atoms with Crippen LogP contribution in [-0.4, -0.2) is 9.55 Å². The second kappa shape index (κ2) is 2.54. The summed E-state index contributed by atoms with van der Waals surface area (Å²) in [6.07, 6.45) is 1.51. The zero-order valence-corrected chi connectivity index (χ0v) is 7.34. The van der Waals surface area contributed by atoms with Crippen LogP contribution >= 0.6 is 15.9 Å². The predicted octanol–water partition coefficient (Wildman–Crippen LogP) is 0.851. The summed E-state index contributed by atoms with van der Waals surface area (Å²) in [6.45, 7) is 1.79. The molecule has 0 saturated heterocycles. The van der Waals surface area contributed by atoms with Crippen molar-refractivity contribution in [3.8, 4) is 0 Å². The highest BCUT2D eigenvalue weighted by molar-refractivity contribution is 9.10. The summed E-state index contributed by atoms with van der Waals surface area (Å²) in [7, 11) is 1.69. The maximum atomic E-state index is 11.1. The van der Waals surface area contributed by atoms with Gasteiger partial charge in [0.1, 0.15) is 10.3 Å². The van der Waals surface area contributed by atoms with Gasteiger partial charge in [-0.15, -0.1) is 0 Å². The van der Waals surface area contributed by atoms with Gasteiger partial charge in [0.25, 0.3) is 5.56 Å². The fraction of sp³-hybridized carbons (Fsp3) is 0.333. The van der Waals surface area contributed by atoms with Gasteiger partial charge in [-0.25, -0.2) is 4.98 Å². The Kier molecular flexibility index (Phi) is 1.89. The standard InChI is InChI=1S/C6H7BrN2O/c1-4-8-3-5(7)6(10)9(4)2/h3H,1-2H3. The van der Waals surface area contributed by atoms with Gasteiger partial charge in [0.2, 0.25) is 0 Å². The van der Waals surface area contributed by atoms with E-state index in [0.29, 0.717) is 10.3 Å². The van der Waals surface area contributed by atoms with Gasteiger partial charge in [0.15, 0.2) is 0 Å². The zero-order chi connectivity index (χ0) is 7.72. The molecule has 0 N–H and O–H groups in total. The lowest BCUT2D eigenvalue weighted by Gasteiger charge is -1.99. The first kappa shape index (κ1) is 7.47. The average molecular weight is 203 g/mol. The van der Waals surface area contributed by atoms with Crippen LogP contribution in [0.25, 0.3) is 0 Å². The molecule has 0 unspecified atom stereocenters.